The number of carbonyl (C=O) groups excluding carboxylic acids is 2. The third-order valence-corrected chi connectivity index (χ3v) is 5.16. The Morgan fingerprint density at radius 1 is 1.11 bits per heavy atom. The highest BCUT2D eigenvalue weighted by molar-refractivity contribution is 7.13. The van der Waals surface area contributed by atoms with Crippen LogP contribution in [-0.4, -0.2) is 23.5 Å². The fourth-order valence-electron chi connectivity index (χ4n) is 3.18. The SMILES string of the molecule is CCOC(=O)Cc1csc(NC(=O)C2c3ccccc3Oc3ccccc32)n1. The number of hydrogen-bond donors (Lipinski definition) is 1. The Morgan fingerprint density at radius 3 is 2.39 bits per heavy atom. The van der Waals surface area contributed by atoms with Crippen molar-refractivity contribution in [2.45, 2.75) is 19.3 Å². The van der Waals surface area contributed by atoms with Gasteiger partial charge in [-0.05, 0) is 19.1 Å². The smallest absolute Gasteiger partial charge is 0.311 e. The number of hydrogen-bond acceptors (Lipinski definition) is 6. The van der Waals surface area contributed by atoms with Gasteiger partial charge in [-0.2, -0.15) is 0 Å². The molecule has 0 spiro atoms. The quantitative estimate of drug-likeness (QED) is 0.659. The van der Waals surface area contributed by atoms with Gasteiger partial charge in [0.25, 0.3) is 0 Å². The number of nitrogens with zero attached hydrogens (tertiary/aromatic N) is 1. The number of carbonyl (C=O) groups is 2. The molecule has 0 aliphatic carbocycles. The second-order valence-electron chi connectivity index (χ2n) is 6.23. The minimum atomic E-state index is -0.501. The van der Waals surface area contributed by atoms with Crippen LogP contribution >= 0.6 is 11.3 Å². The molecule has 1 N–H and O–H groups in total. The van der Waals surface area contributed by atoms with Crippen molar-refractivity contribution in [2.24, 2.45) is 0 Å². The molecule has 3 aromatic rings. The Balaban J connectivity index is 1.57. The maximum absolute atomic E-state index is 13.1. The van der Waals surface area contributed by atoms with Gasteiger partial charge in [-0.1, -0.05) is 36.4 Å². The van der Waals surface area contributed by atoms with Crippen LogP contribution in [-0.2, 0) is 20.7 Å². The van der Waals surface area contributed by atoms with Gasteiger partial charge < -0.3 is 14.8 Å². The molecule has 4 rings (SSSR count). The van der Waals surface area contributed by atoms with E-state index in [1.807, 2.05) is 48.5 Å². The molecule has 142 valence electrons. The number of aromatic nitrogens is 1. The first kappa shape index (κ1) is 18.2. The lowest BCUT2D eigenvalue weighted by atomic mass is 9.87. The summed E-state index contributed by atoms with van der Waals surface area (Å²) in [5.74, 6) is 0.309. The van der Waals surface area contributed by atoms with E-state index in [-0.39, 0.29) is 18.3 Å². The number of para-hydroxylation sites is 2. The minimum Gasteiger partial charge on any atom is -0.466 e. The molecule has 7 heteroatoms. The van der Waals surface area contributed by atoms with Gasteiger partial charge in [-0.25, -0.2) is 4.98 Å². The van der Waals surface area contributed by atoms with Crippen LogP contribution in [0.4, 0.5) is 5.13 Å². The Kier molecular flexibility index (Phi) is 5.08. The molecule has 1 aliphatic heterocycles. The number of thiazole rings is 1. The van der Waals surface area contributed by atoms with Crippen LogP contribution in [0.5, 0.6) is 11.5 Å². The first-order chi connectivity index (χ1) is 13.7. The molecule has 0 saturated carbocycles. The molecule has 2 aromatic carbocycles. The zero-order chi connectivity index (χ0) is 19.5. The summed E-state index contributed by atoms with van der Waals surface area (Å²) in [7, 11) is 0. The van der Waals surface area contributed by atoms with E-state index >= 15 is 0 Å². The van der Waals surface area contributed by atoms with Crippen LogP contribution in [0.15, 0.2) is 53.9 Å². The summed E-state index contributed by atoms with van der Waals surface area (Å²) in [4.78, 5) is 29.1. The molecule has 0 bridgehead atoms. The zero-order valence-electron chi connectivity index (χ0n) is 15.2. The molecule has 0 atom stereocenters. The lowest BCUT2D eigenvalue weighted by Crippen LogP contribution is -2.25. The van der Waals surface area contributed by atoms with E-state index in [2.05, 4.69) is 10.3 Å². The monoisotopic (exact) mass is 394 g/mol. The Morgan fingerprint density at radius 2 is 1.75 bits per heavy atom. The number of benzene rings is 2. The maximum Gasteiger partial charge on any atom is 0.311 e. The largest absolute Gasteiger partial charge is 0.466 e. The van der Waals surface area contributed by atoms with Gasteiger partial charge in [-0.15, -0.1) is 11.3 Å². The van der Waals surface area contributed by atoms with E-state index in [4.69, 9.17) is 9.47 Å². The van der Waals surface area contributed by atoms with Crippen molar-refractivity contribution in [3.63, 3.8) is 0 Å². The number of amides is 1. The predicted octanol–water partition coefficient (Wildman–Crippen LogP) is 4.13. The number of fused-ring (bicyclic) bond motifs is 2. The van der Waals surface area contributed by atoms with E-state index in [9.17, 15) is 9.59 Å². The first-order valence-electron chi connectivity index (χ1n) is 8.92. The van der Waals surface area contributed by atoms with Crippen LogP contribution in [0, 0.1) is 0 Å². The van der Waals surface area contributed by atoms with Crippen LogP contribution in [0.1, 0.15) is 29.7 Å². The highest BCUT2D eigenvalue weighted by Gasteiger charge is 2.32. The molecule has 1 aromatic heterocycles. The van der Waals surface area contributed by atoms with Crippen molar-refractivity contribution in [1.29, 1.82) is 0 Å². The topological polar surface area (TPSA) is 77.5 Å². The number of esters is 1. The number of rotatable bonds is 5. The van der Waals surface area contributed by atoms with E-state index < -0.39 is 5.92 Å². The normalized spacial score (nSPS) is 12.5. The van der Waals surface area contributed by atoms with Crippen molar-refractivity contribution >= 4 is 28.3 Å². The summed E-state index contributed by atoms with van der Waals surface area (Å²) in [6.45, 7) is 2.09. The van der Waals surface area contributed by atoms with Crippen molar-refractivity contribution in [3.05, 3.63) is 70.7 Å². The summed E-state index contributed by atoms with van der Waals surface area (Å²) >= 11 is 1.28. The summed E-state index contributed by atoms with van der Waals surface area (Å²) in [5, 5.41) is 5.08. The summed E-state index contributed by atoms with van der Waals surface area (Å²) in [5.41, 5.74) is 2.19. The lowest BCUT2D eigenvalue weighted by Gasteiger charge is -2.27. The summed E-state index contributed by atoms with van der Waals surface area (Å²) in [6, 6.07) is 15.0. The van der Waals surface area contributed by atoms with E-state index in [1.54, 1.807) is 12.3 Å². The number of anilines is 1. The average Bonchev–Trinajstić information content (AvgIpc) is 3.12. The number of ether oxygens (including phenoxy) is 2. The van der Waals surface area contributed by atoms with Crippen molar-refractivity contribution in [2.75, 3.05) is 11.9 Å². The molecular weight excluding hydrogens is 376 g/mol. The summed E-state index contributed by atoms with van der Waals surface area (Å²) < 4.78 is 10.9. The Labute approximate surface area is 166 Å². The second kappa shape index (κ2) is 7.82. The van der Waals surface area contributed by atoms with Crippen molar-refractivity contribution in [3.8, 4) is 11.5 Å². The molecule has 0 saturated heterocycles. The third kappa shape index (κ3) is 3.61. The van der Waals surface area contributed by atoms with Gasteiger partial charge in [0, 0.05) is 16.5 Å². The maximum atomic E-state index is 13.1. The van der Waals surface area contributed by atoms with Gasteiger partial charge >= 0.3 is 5.97 Å². The van der Waals surface area contributed by atoms with Crippen molar-refractivity contribution in [1.82, 2.24) is 4.98 Å². The molecule has 0 unspecified atom stereocenters. The first-order valence-corrected chi connectivity index (χ1v) is 9.80. The molecule has 0 radical (unpaired) electrons. The highest BCUT2D eigenvalue weighted by Crippen LogP contribution is 2.44. The fourth-order valence-corrected chi connectivity index (χ4v) is 3.89. The Bertz CT molecular complexity index is 985. The van der Waals surface area contributed by atoms with E-state index in [0.717, 1.165) is 11.1 Å². The van der Waals surface area contributed by atoms with Crippen LogP contribution < -0.4 is 10.1 Å². The molecule has 1 amide bonds. The van der Waals surface area contributed by atoms with Gasteiger partial charge in [0.15, 0.2) is 5.13 Å². The Hall–Kier alpha value is -3.19. The predicted molar refractivity (Wildman–Crippen MR) is 106 cm³/mol. The van der Waals surface area contributed by atoms with Crippen LogP contribution in [0.3, 0.4) is 0 Å². The lowest BCUT2D eigenvalue weighted by molar-refractivity contribution is -0.142. The standard InChI is InChI=1S/C21H18N2O4S/c1-2-26-18(24)11-13-12-28-21(22-13)23-20(25)19-14-7-3-5-9-16(14)27-17-10-6-4-8-15(17)19/h3-10,12,19H,2,11H2,1H3,(H,22,23,25). The molecule has 0 fully saturated rings. The molecule has 1 aliphatic rings. The fraction of sp³-hybridized carbons (Fsp3) is 0.190. The highest BCUT2D eigenvalue weighted by atomic mass is 32.1. The summed E-state index contributed by atoms with van der Waals surface area (Å²) in [6.07, 6.45) is 0.0865. The molecular formula is C21H18N2O4S. The van der Waals surface area contributed by atoms with Gasteiger partial charge in [0.05, 0.1) is 24.6 Å². The van der Waals surface area contributed by atoms with Crippen LogP contribution in [0.25, 0.3) is 0 Å². The number of nitrogens with one attached hydrogen (secondary N) is 1. The van der Waals surface area contributed by atoms with Crippen molar-refractivity contribution < 1.29 is 19.1 Å². The van der Waals surface area contributed by atoms with E-state index in [1.165, 1.54) is 11.3 Å². The second-order valence-corrected chi connectivity index (χ2v) is 7.08. The van der Waals surface area contributed by atoms with Gasteiger partial charge in [0.1, 0.15) is 11.5 Å². The zero-order valence-corrected chi connectivity index (χ0v) is 16.0. The average molecular weight is 394 g/mol. The van der Waals surface area contributed by atoms with Gasteiger partial charge in [-0.3, -0.25) is 9.59 Å². The minimum absolute atomic E-state index is 0.0865. The molecule has 6 nitrogen and oxygen atoms in total. The van der Waals surface area contributed by atoms with E-state index in [0.29, 0.717) is 28.9 Å². The third-order valence-electron chi connectivity index (χ3n) is 4.35. The molecule has 28 heavy (non-hydrogen) atoms. The van der Waals surface area contributed by atoms with Gasteiger partial charge in [0.2, 0.25) is 5.91 Å². The molecule has 2 heterocycles. The van der Waals surface area contributed by atoms with Crippen LogP contribution in [0.2, 0.25) is 0 Å².